The number of sulfone groups is 1. The molecule has 0 amide bonds. The Labute approximate surface area is 112 Å². The topological polar surface area (TPSA) is 49.4 Å². The quantitative estimate of drug-likeness (QED) is 0.678. The van der Waals surface area contributed by atoms with Crippen molar-refractivity contribution in [1.82, 2.24) is 10.2 Å². The number of nitrogens with one attached hydrogen (secondary N) is 1. The van der Waals surface area contributed by atoms with E-state index >= 15 is 0 Å². The SMILES string of the molecule is CC(C)NCCCCCCN1CCS(=O)(=O)CC1. The number of unbranched alkanes of at least 4 members (excludes halogenated alkanes) is 3. The minimum atomic E-state index is -2.72. The summed E-state index contributed by atoms with van der Waals surface area (Å²) in [7, 11) is -2.72. The lowest BCUT2D eigenvalue weighted by molar-refractivity contribution is 0.287. The van der Waals surface area contributed by atoms with Gasteiger partial charge in [0.1, 0.15) is 0 Å². The van der Waals surface area contributed by atoms with Gasteiger partial charge in [-0.3, -0.25) is 0 Å². The molecule has 1 saturated heterocycles. The Kier molecular flexibility index (Phi) is 7.19. The summed E-state index contributed by atoms with van der Waals surface area (Å²) < 4.78 is 22.5. The van der Waals surface area contributed by atoms with E-state index in [1.54, 1.807) is 0 Å². The molecule has 0 atom stereocenters. The van der Waals surface area contributed by atoms with Crippen LogP contribution in [0.15, 0.2) is 0 Å². The summed E-state index contributed by atoms with van der Waals surface area (Å²) in [5.41, 5.74) is 0. The highest BCUT2D eigenvalue weighted by Crippen LogP contribution is 2.06. The minimum Gasteiger partial charge on any atom is -0.315 e. The van der Waals surface area contributed by atoms with Crippen molar-refractivity contribution in [2.75, 3.05) is 37.7 Å². The van der Waals surface area contributed by atoms with E-state index in [1.807, 2.05) is 0 Å². The maximum atomic E-state index is 11.3. The second-order valence-corrected chi connectivity index (χ2v) is 7.82. The Hall–Kier alpha value is -0.130. The summed E-state index contributed by atoms with van der Waals surface area (Å²) in [5, 5.41) is 3.42. The fourth-order valence-electron chi connectivity index (χ4n) is 2.18. The van der Waals surface area contributed by atoms with Gasteiger partial charge in [-0.05, 0) is 25.9 Å². The van der Waals surface area contributed by atoms with E-state index in [0.29, 0.717) is 17.5 Å². The molecule has 1 rings (SSSR count). The van der Waals surface area contributed by atoms with Gasteiger partial charge in [0.05, 0.1) is 11.5 Å². The molecule has 1 heterocycles. The highest BCUT2D eigenvalue weighted by atomic mass is 32.2. The van der Waals surface area contributed by atoms with Gasteiger partial charge in [0.2, 0.25) is 0 Å². The van der Waals surface area contributed by atoms with E-state index in [2.05, 4.69) is 24.1 Å². The van der Waals surface area contributed by atoms with Gasteiger partial charge in [0.25, 0.3) is 0 Å². The number of nitrogens with zero attached hydrogens (tertiary/aromatic N) is 1. The van der Waals surface area contributed by atoms with Gasteiger partial charge >= 0.3 is 0 Å². The molecule has 1 aliphatic rings. The van der Waals surface area contributed by atoms with Crippen LogP contribution in [0.25, 0.3) is 0 Å². The summed E-state index contributed by atoms with van der Waals surface area (Å²) in [5.74, 6) is 0.705. The van der Waals surface area contributed by atoms with Gasteiger partial charge < -0.3 is 10.2 Å². The zero-order valence-electron chi connectivity index (χ0n) is 11.8. The fourth-order valence-corrected chi connectivity index (χ4v) is 3.46. The summed E-state index contributed by atoms with van der Waals surface area (Å²) >= 11 is 0. The Bertz CT molecular complexity index is 301. The summed E-state index contributed by atoms with van der Waals surface area (Å²) in [6.07, 6.45) is 4.96. The van der Waals surface area contributed by atoms with Crippen molar-refractivity contribution >= 4 is 9.84 Å². The highest BCUT2D eigenvalue weighted by molar-refractivity contribution is 7.91. The molecule has 0 aromatic carbocycles. The van der Waals surface area contributed by atoms with Crippen molar-refractivity contribution in [1.29, 1.82) is 0 Å². The van der Waals surface area contributed by atoms with Crippen LogP contribution >= 0.6 is 0 Å². The van der Waals surface area contributed by atoms with Crippen molar-refractivity contribution in [3.05, 3.63) is 0 Å². The van der Waals surface area contributed by atoms with Crippen LogP contribution in [0.3, 0.4) is 0 Å². The van der Waals surface area contributed by atoms with Gasteiger partial charge in [0.15, 0.2) is 9.84 Å². The van der Waals surface area contributed by atoms with Gasteiger partial charge in [-0.15, -0.1) is 0 Å². The smallest absolute Gasteiger partial charge is 0.152 e. The Morgan fingerprint density at radius 1 is 1.06 bits per heavy atom. The lowest BCUT2D eigenvalue weighted by atomic mass is 10.2. The lowest BCUT2D eigenvalue weighted by Gasteiger charge is -2.26. The predicted molar refractivity (Wildman–Crippen MR) is 76.7 cm³/mol. The second-order valence-electron chi connectivity index (χ2n) is 5.52. The zero-order chi connectivity index (χ0) is 13.4. The zero-order valence-corrected chi connectivity index (χ0v) is 12.6. The number of rotatable bonds is 8. The van der Waals surface area contributed by atoms with Gasteiger partial charge in [-0.2, -0.15) is 0 Å². The van der Waals surface area contributed by atoms with Crippen LogP contribution in [0.2, 0.25) is 0 Å². The second kappa shape index (κ2) is 8.12. The Balaban J connectivity index is 1.93. The van der Waals surface area contributed by atoms with Crippen LogP contribution in [0.5, 0.6) is 0 Å². The molecule has 0 aromatic rings. The molecule has 0 bridgehead atoms. The Morgan fingerprint density at radius 2 is 1.67 bits per heavy atom. The van der Waals surface area contributed by atoms with Crippen LogP contribution in [0, 0.1) is 0 Å². The molecular formula is C13H28N2O2S. The van der Waals surface area contributed by atoms with Gasteiger partial charge in [-0.1, -0.05) is 26.7 Å². The molecule has 0 saturated carbocycles. The first-order chi connectivity index (χ1) is 8.49. The average molecular weight is 276 g/mol. The maximum Gasteiger partial charge on any atom is 0.152 e. The summed E-state index contributed by atoms with van der Waals surface area (Å²) in [4.78, 5) is 2.29. The predicted octanol–water partition coefficient (Wildman–Crippen LogP) is 1.28. The fraction of sp³-hybridized carbons (Fsp3) is 1.00. The molecule has 108 valence electrons. The van der Waals surface area contributed by atoms with Crippen molar-refractivity contribution in [3.63, 3.8) is 0 Å². The molecule has 1 aliphatic heterocycles. The molecule has 0 unspecified atom stereocenters. The van der Waals surface area contributed by atoms with Crippen molar-refractivity contribution in [2.45, 2.75) is 45.6 Å². The molecule has 0 spiro atoms. The van der Waals surface area contributed by atoms with Gasteiger partial charge in [-0.25, -0.2) is 8.42 Å². The first-order valence-corrected chi connectivity index (χ1v) is 8.98. The monoisotopic (exact) mass is 276 g/mol. The molecule has 1 N–H and O–H groups in total. The molecule has 5 heteroatoms. The van der Waals surface area contributed by atoms with Crippen LogP contribution in [-0.2, 0) is 9.84 Å². The first-order valence-electron chi connectivity index (χ1n) is 7.16. The third-order valence-electron chi connectivity index (χ3n) is 3.39. The maximum absolute atomic E-state index is 11.3. The molecular weight excluding hydrogens is 248 g/mol. The summed E-state index contributed by atoms with van der Waals surface area (Å²) in [6.45, 7) is 7.98. The van der Waals surface area contributed by atoms with Gasteiger partial charge in [0, 0.05) is 19.1 Å². The summed E-state index contributed by atoms with van der Waals surface area (Å²) in [6, 6.07) is 0.584. The Morgan fingerprint density at radius 3 is 2.28 bits per heavy atom. The first kappa shape index (κ1) is 15.9. The third kappa shape index (κ3) is 7.34. The molecule has 0 aromatic heterocycles. The average Bonchev–Trinajstić information content (AvgIpc) is 2.29. The number of hydrogen-bond acceptors (Lipinski definition) is 4. The molecule has 18 heavy (non-hydrogen) atoms. The lowest BCUT2D eigenvalue weighted by Crippen LogP contribution is -2.40. The van der Waals surface area contributed by atoms with Crippen LogP contribution in [-0.4, -0.2) is 57.0 Å². The van der Waals surface area contributed by atoms with E-state index in [-0.39, 0.29) is 0 Å². The standard InChI is InChI=1S/C13H28N2O2S/c1-13(2)14-7-5-3-4-6-8-15-9-11-18(16,17)12-10-15/h13-14H,3-12H2,1-2H3. The van der Waals surface area contributed by atoms with E-state index in [4.69, 9.17) is 0 Å². The molecule has 4 nitrogen and oxygen atoms in total. The van der Waals surface area contributed by atoms with Crippen LogP contribution < -0.4 is 5.32 Å². The largest absolute Gasteiger partial charge is 0.315 e. The molecule has 1 fully saturated rings. The normalized spacial score (nSPS) is 20.4. The molecule has 0 radical (unpaired) electrons. The number of hydrogen-bond donors (Lipinski definition) is 1. The van der Waals surface area contributed by atoms with Crippen molar-refractivity contribution in [2.24, 2.45) is 0 Å². The van der Waals surface area contributed by atoms with E-state index in [1.165, 1.54) is 25.7 Å². The molecule has 0 aliphatic carbocycles. The van der Waals surface area contributed by atoms with Crippen LogP contribution in [0.4, 0.5) is 0 Å². The van der Waals surface area contributed by atoms with Crippen LogP contribution in [0.1, 0.15) is 39.5 Å². The van der Waals surface area contributed by atoms with E-state index in [0.717, 1.165) is 26.2 Å². The van der Waals surface area contributed by atoms with E-state index < -0.39 is 9.84 Å². The van der Waals surface area contributed by atoms with E-state index in [9.17, 15) is 8.42 Å². The van der Waals surface area contributed by atoms with Crippen molar-refractivity contribution < 1.29 is 8.42 Å². The van der Waals surface area contributed by atoms with Crippen molar-refractivity contribution in [3.8, 4) is 0 Å². The highest BCUT2D eigenvalue weighted by Gasteiger charge is 2.20. The minimum absolute atomic E-state index is 0.352. The third-order valence-corrected chi connectivity index (χ3v) is 5.00.